The Morgan fingerprint density at radius 3 is 2.62 bits per heavy atom. The van der Waals surface area contributed by atoms with Crippen LogP contribution in [0.3, 0.4) is 0 Å². The summed E-state index contributed by atoms with van der Waals surface area (Å²) in [6.07, 6.45) is 5.47. The quantitative estimate of drug-likeness (QED) is 0.194. The number of amides is 1. The van der Waals surface area contributed by atoms with Crippen molar-refractivity contribution in [1.82, 2.24) is 4.90 Å². The third-order valence-corrected chi connectivity index (χ3v) is 7.53. The summed E-state index contributed by atoms with van der Waals surface area (Å²) in [6, 6.07) is 26.3. The van der Waals surface area contributed by atoms with Gasteiger partial charge in [-0.1, -0.05) is 42.5 Å². The molecule has 1 aliphatic rings. The molecule has 2 heterocycles. The van der Waals surface area contributed by atoms with E-state index in [-0.39, 0.29) is 5.91 Å². The van der Waals surface area contributed by atoms with Crippen molar-refractivity contribution in [2.75, 3.05) is 49.5 Å². The molecule has 1 amide bonds. The molecule has 1 aliphatic heterocycles. The summed E-state index contributed by atoms with van der Waals surface area (Å²) in [5.41, 5.74) is 3.10. The van der Waals surface area contributed by atoms with Gasteiger partial charge in [0.2, 0.25) is 5.91 Å². The first-order chi connectivity index (χ1) is 18.2. The molecule has 190 valence electrons. The molecule has 4 aromatic rings. The molecule has 1 aromatic heterocycles. The molecule has 3 aromatic carbocycles. The smallest absolute Gasteiger partial charge is 0.248 e. The van der Waals surface area contributed by atoms with Gasteiger partial charge >= 0.3 is 0 Å². The Kier molecular flexibility index (Phi) is 8.51. The van der Waals surface area contributed by atoms with Crippen LogP contribution in [0.4, 0.5) is 11.4 Å². The van der Waals surface area contributed by atoms with Gasteiger partial charge in [-0.05, 0) is 66.7 Å². The van der Waals surface area contributed by atoms with E-state index in [1.165, 1.54) is 15.8 Å². The lowest BCUT2D eigenvalue weighted by Crippen LogP contribution is -2.46. The third-order valence-electron chi connectivity index (χ3n) is 6.65. The topological polar surface area (TPSA) is 44.8 Å². The second-order valence-corrected chi connectivity index (χ2v) is 10.2. The summed E-state index contributed by atoms with van der Waals surface area (Å²) < 4.78 is 7.33. The normalized spacial score (nSPS) is 14.3. The SMILES string of the molecule is O=C(C=Cc1ccccc1)Nc1cccc(OCCCCN2CCN(c3cccc4sccc34)CC2)c1. The summed E-state index contributed by atoms with van der Waals surface area (Å²) in [7, 11) is 0. The summed E-state index contributed by atoms with van der Waals surface area (Å²) in [5.74, 6) is 0.620. The molecule has 6 heteroatoms. The van der Waals surface area contributed by atoms with Crippen LogP contribution in [0.5, 0.6) is 5.75 Å². The fourth-order valence-electron chi connectivity index (χ4n) is 4.68. The van der Waals surface area contributed by atoms with Gasteiger partial charge < -0.3 is 15.0 Å². The molecule has 0 atom stereocenters. The number of hydrogen-bond acceptors (Lipinski definition) is 5. The van der Waals surface area contributed by atoms with Gasteiger partial charge in [0, 0.05) is 59.8 Å². The van der Waals surface area contributed by atoms with E-state index in [4.69, 9.17) is 4.74 Å². The minimum atomic E-state index is -0.159. The van der Waals surface area contributed by atoms with Gasteiger partial charge in [0.25, 0.3) is 0 Å². The Labute approximate surface area is 223 Å². The number of carbonyl (C=O) groups is 1. The van der Waals surface area contributed by atoms with E-state index in [1.807, 2.05) is 65.9 Å². The van der Waals surface area contributed by atoms with Gasteiger partial charge in [0.05, 0.1) is 6.61 Å². The van der Waals surface area contributed by atoms with Crippen molar-refractivity contribution in [2.24, 2.45) is 0 Å². The highest BCUT2D eigenvalue weighted by Gasteiger charge is 2.18. The largest absolute Gasteiger partial charge is 0.494 e. The number of thiophene rings is 1. The lowest BCUT2D eigenvalue weighted by molar-refractivity contribution is -0.111. The van der Waals surface area contributed by atoms with Gasteiger partial charge in [0.1, 0.15) is 5.75 Å². The minimum Gasteiger partial charge on any atom is -0.494 e. The van der Waals surface area contributed by atoms with Crippen molar-refractivity contribution in [3.8, 4) is 5.75 Å². The van der Waals surface area contributed by atoms with Crippen LogP contribution in [0.15, 0.2) is 90.3 Å². The minimum absolute atomic E-state index is 0.159. The molecular weight excluding hydrogens is 478 g/mol. The van der Waals surface area contributed by atoms with Crippen molar-refractivity contribution in [2.45, 2.75) is 12.8 Å². The molecule has 0 spiro atoms. The number of ether oxygens (including phenoxy) is 1. The van der Waals surface area contributed by atoms with Crippen LogP contribution in [-0.4, -0.2) is 50.1 Å². The predicted molar refractivity (Wildman–Crippen MR) is 156 cm³/mol. The third kappa shape index (κ3) is 7.00. The highest BCUT2D eigenvalue weighted by atomic mass is 32.1. The fraction of sp³-hybridized carbons (Fsp3) is 0.258. The number of benzene rings is 3. The molecule has 5 rings (SSSR count). The molecule has 5 nitrogen and oxygen atoms in total. The first kappa shape index (κ1) is 25.1. The van der Waals surface area contributed by atoms with Crippen LogP contribution in [0, 0.1) is 0 Å². The summed E-state index contributed by atoms with van der Waals surface area (Å²) in [4.78, 5) is 17.3. The second-order valence-electron chi connectivity index (χ2n) is 9.25. The molecule has 0 unspecified atom stereocenters. The number of anilines is 2. The second kappa shape index (κ2) is 12.6. The Bertz CT molecular complexity index is 1330. The number of nitrogens with zero attached hydrogens (tertiary/aromatic N) is 2. The maximum Gasteiger partial charge on any atom is 0.248 e. The van der Waals surface area contributed by atoms with Crippen LogP contribution in [0.25, 0.3) is 16.2 Å². The molecule has 1 fully saturated rings. The lowest BCUT2D eigenvalue weighted by Gasteiger charge is -2.36. The number of rotatable bonds is 10. The lowest BCUT2D eigenvalue weighted by atomic mass is 10.2. The zero-order valence-electron chi connectivity index (χ0n) is 21.0. The van der Waals surface area contributed by atoms with Crippen LogP contribution >= 0.6 is 11.3 Å². The van der Waals surface area contributed by atoms with Crippen LogP contribution in [-0.2, 0) is 4.79 Å². The van der Waals surface area contributed by atoms with Gasteiger partial charge in [-0.2, -0.15) is 0 Å². The Morgan fingerprint density at radius 2 is 1.76 bits per heavy atom. The molecule has 0 saturated carbocycles. The average Bonchev–Trinajstić information content (AvgIpc) is 3.42. The standard InChI is InChI=1S/C31H33N3O2S/c35-31(15-14-25-8-2-1-3-9-25)32-26-10-6-11-27(24-26)36-22-5-4-17-33-18-20-34(21-19-33)29-12-7-13-30-28(29)16-23-37-30/h1-3,6-16,23-24H,4-5,17-22H2,(H,32,35). The van der Waals surface area contributed by atoms with E-state index in [0.717, 1.165) is 62.6 Å². The summed E-state index contributed by atoms with van der Waals surface area (Å²) in [6.45, 7) is 6.12. The maximum atomic E-state index is 12.2. The van der Waals surface area contributed by atoms with Crippen LogP contribution in [0.1, 0.15) is 18.4 Å². The van der Waals surface area contributed by atoms with Gasteiger partial charge in [-0.15, -0.1) is 11.3 Å². The first-order valence-electron chi connectivity index (χ1n) is 13.0. The number of piperazine rings is 1. The Balaban J connectivity index is 1.00. The highest BCUT2D eigenvalue weighted by molar-refractivity contribution is 7.17. The van der Waals surface area contributed by atoms with E-state index in [1.54, 1.807) is 12.2 Å². The van der Waals surface area contributed by atoms with E-state index < -0.39 is 0 Å². The number of nitrogens with one attached hydrogen (secondary N) is 1. The summed E-state index contributed by atoms with van der Waals surface area (Å²) >= 11 is 1.81. The first-order valence-corrected chi connectivity index (χ1v) is 13.8. The number of hydrogen-bond donors (Lipinski definition) is 1. The predicted octanol–water partition coefficient (Wildman–Crippen LogP) is 6.53. The van der Waals surface area contributed by atoms with Crippen LogP contribution in [0.2, 0.25) is 0 Å². The molecule has 0 radical (unpaired) electrons. The maximum absolute atomic E-state index is 12.2. The zero-order chi connectivity index (χ0) is 25.3. The van der Waals surface area contributed by atoms with Gasteiger partial charge in [-0.3, -0.25) is 9.69 Å². The molecule has 1 saturated heterocycles. The Morgan fingerprint density at radius 1 is 0.919 bits per heavy atom. The van der Waals surface area contributed by atoms with Crippen LogP contribution < -0.4 is 15.0 Å². The zero-order valence-corrected chi connectivity index (χ0v) is 21.8. The van der Waals surface area contributed by atoms with Crippen molar-refractivity contribution in [1.29, 1.82) is 0 Å². The molecule has 1 N–H and O–H groups in total. The van der Waals surface area contributed by atoms with E-state index in [9.17, 15) is 4.79 Å². The monoisotopic (exact) mass is 511 g/mol. The number of fused-ring (bicyclic) bond motifs is 1. The van der Waals surface area contributed by atoms with Crippen molar-refractivity contribution in [3.05, 3.63) is 95.9 Å². The van der Waals surface area contributed by atoms with Gasteiger partial charge in [0.15, 0.2) is 0 Å². The molecular formula is C31H33N3O2S. The molecule has 0 aliphatic carbocycles. The van der Waals surface area contributed by atoms with Crippen molar-refractivity contribution in [3.63, 3.8) is 0 Å². The Hall–Kier alpha value is -3.61. The van der Waals surface area contributed by atoms with E-state index >= 15 is 0 Å². The highest BCUT2D eigenvalue weighted by Crippen LogP contribution is 2.31. The number of carbonyl (C=O) groups excluding carboxylic acids is 1. The van der Waals surface area contributed by atoms with Crippen molar-refractivity contribution >= 4 is 44.8 Å². The van der Waals surface area contributed by atoms with E-state index in [2.05, 4.69) is 44.8 Å². The molecule has 37 heavy (non-hydrogen) atoms. The average molecular weight is 512 g/mol. The van der Waals surface area contributed by atoms with Crippen molar-refractivity contribution < 1.29 is 9.53 Å². The van der Waals surface area contributed by atoms with Gasteiger partial charge in [-0.25, -0.2) is 0 Å². The van der Waals surface area contributed by atoms with E-state index in [0.29, 0.717) is 6.61 Å². The summed E-state index contributed by atoms with van der Waals surface area (Å²) in [5, 5.41) is 6.47. The fourth-order valence-corrected chi connectivity index (χ4v) is 5.48. The molecule has 0 bridgehead atoms. The number of unbranched alkanes of at least 4 members (excludes halogenated alkanes) is 1.